The molecule has 5 heteroatoms. The second-order valence-corrected chi connectivity index (χ2v) is 6.13. The molecule has 0 bridgehead atoms. The molecule has 2 aromatic heterocycles. The number of nitrogens with zero attached hydrogens (tertiary/aromatic N) is 1. The smallest absolute Gasteiger partial charge is 0.247 e. The molecule has 1 aliphatic heterocycles. The van der Waals surface area contributed by atoms with Crippen LogP contribution in [0, 0.1) is 0 Å². The molecule has 0 aliphatic carbocycles. The highest BCUT2D eigenvalue weighted by Crippen LogP contribution is 2.38. The van der Waals surface area contributed by atoms with Crippen molar-refractivity contribution in [2.24, 2.45) is 0 Å². The first kappa shape index (κ1) is 12.6. The van der Waals surface area contributed by atoms with E-state index in [1.165, 1.54) is 5.56 Å². The van der Waals surface area contributed by atoms with Crippen LogP contribution < -0.4 is 0 Å². The molecule has 0 spiro atoms. The van der Waals surface area contributed by atoms with Crippen molar-refractivity contribution in [2.45, 2.75) is 5.37 Å². The van der Waals surface area contributed by atoms with E-state index in [0.717, 1.165) is 12.3 Å². The van der Waals surface area contributed by atoms with Crippen molar-refractivity contribution >= 4 is 35.1 Å². The summed E-state index contributed by atoms with van der Waals surface area (Å²) in [6.45, 7) is 0.798. The van der Waals surface area contributed by atoms with Gasteiger partial charge in [0.05, 0.1) is 6.26 Å². The highest BCUT2D eigenvalue weighted by Gasteiger charge is 2.29. The Morgan fingerprint density at radius 2 is 2.42 bits per heavy atom. The van der Waals surface area contributed by atoms with Gasteiger partial charge < -0.3 is 9.32 Å². The number of thioether (sulfide) groups is 1. The fraction of sp³-hybridized carbons (Fsp3) is 0.214. The van der Waals surface area contributed by atoms with E-state index in [4.69, 9.17) is 4.42 Å². The third-order valence-electron chi connectivity index (χ3n) is 2.94. The average molecular weight is 291 g/mol. The normalized spacial score (nSPS) is 19.4. The molecule has 1 fully saturated rings. The summed E-state index contributed by atoms with van der Waals surface area (Å²) >= 11 is 3.48. The van der Waals surface area contributed by atoms with Crippen molar-refractivity contribution in [2.75, 3.05) is 12.3 Å². The Morgan fingerprint density at radius 3 is 3.16 bits per heavy atom. The van der Waals surface area contributed by atoms with Crippen LogP contribution >= 0.6 is 23.1 Å². The summed E-state index contributed by atoms with van der Waals surface area (Å²) < 4.78 is 5.18. The van der Waals surface area contributed by atoms with E-state index in [2.05, 4.69) is 16.8 Å². The van der Waals surface area contributed by atoms with Crippen molar-refractivity contribution in [1.29, 1.82) is 0 Å². The van der Waals surface area contributed by atoms with Gasteiger partial charge in [0.2, 0.25) is 5.91 Å². The van der Waals surface area contributed by atoms with Crippen LogP contribution in [0.2, 0.25) is 0 Å². The van der Waals surface area contributed by atoms with Gasteiger partial charge in [0.25, 0.3) is 0 Å². The zero-order valence-electron chi connectivity index (χ0n) is 10.2. The molecule has 3 heterocycles. The van der Waals surface area contributed by atoms with Crippen LogP contribution in [0.4, 0.5) is 0 Å². The maximum absolute atomic E-state index is 12.2. The van der Waals surface area contributed by atoms with Gasteiger partial charge in [-0.15, -0.1) is 11.8 Å². The first-order chi connectivity index (χ1) is 9.34. The van der Waals surface area contributed by atoms with Gasteiger partial charge in [-0.3, -0.25) is 4.79 Å². The number of carbonyl (C=O) groups is 1. The molecule has 98 valence electrons. The molecule has 0 aromatic carbocycles. The molecular weight excluding hydrogens is 278 g/mol. The van der Waals surface area contributed by atoms with Crippen molar-refractivity contribution in [1.82, 2.24) is 4.90 Å². The van der Waals surface area contributed by atoms with E-state index >= 15 is 0 Å². The predicted octanol–water partition coefficient (Wildman–Crippen LogP) is 3.63. The van der Waals surface area contributed by atoms with Crippen LogP contribution in [0.25, 0.3) is 6.08 Å². The van der Waals surface area contributed by atoms with Gasteiger partial charge in [0.1, 0.15) is 11.1 Å². The monoisotopic (exact) mass is 291 g/mol. The number of hydrogen-bond acceptors (Lipinski definition) is 4. The Bertz CT molecular complexity index is 560. The second-order valence-electron chi connectivity index (χ2n) is 4.16. The molecule has 2 aromatic rings. The van der Waals surface area contributed by atoms with Crippen LogP contribution in [0.15, 0.2) is 45.7 Å². The van der Waals surface area contributed by atoms with Gasteiger partial charge in [-0.05, 0) is 40.6 Å². The molecule has 3 nitrogen and oxygen atoms in total. The zero-order valence-corrected chi connectivity index (χ0v) is 11.8. The maximum Gasteiger partial charge on any atom is 0.247 e. The topological polar surface area (TPSA) is 33.5 Å². The Morgan fingerprint density at radius 1 is 1.47 bits per heavy atom. The maximum atomic E-state index is 12.2. The van der Waals surface area contributed by atoms with Crippen molar-refractivity contribution < 1.29 is 9.21 Å². The lowest BCUT2D eigenvalue weighted by molar-refractivity contribution is -0.126. The van der Waals surface area contributed by atoms with E-state index in [1.807, 2.05) is 28.8 Å². The SMILES string of the molecule is O=C(/C=C/c1ccco1)N1CCS[C@@H]1c1ccsc1. The lowest BCUT2D eigenvalue weighted by Crippen LogP contribution is -2.28. The Hall–Kier alpha value is -1.46. The number of carbonyl (C=O) groups excluding carboxylic acids is 1. The number of hydrogen-bond donors (Lipinski definition) is 0. The molecule has 1 saturated heterocycles. The largest absolute Gasteiger partial charge is 0.465 e. The summed E-state index contributed by atoms with van der Waals surface area (Å²) in [4.78, 5) is 14.1. The van der Waals surface area contributed by atoms with E-state index in [-0.39, 0.29) is 11.3 Å². The van der Waals surface area contributed by atoms with E-state index in [1.54, 1.807) is 29.8 Å². The first-order valence-electron chi connectivity index (χ1n) is 6.00. The molecule has 0 N–H and O–H groups in total. The third-order valence-corrected chi connectivity index (χ3v) is 4.90. The van der Waals surface area contributed by atoms with Crippen molar-refractivity contribution in [3.63, 3.8) is 0 Å². The summed E-state index contributed by atoms with van der Waals surface area (Å²) in [5.74, 6) is 1.73. The minimum absolute atomic E-state index is 0.0394. The third kappa shape index (κ3) is 2.77. The molecule has 19 heavy (non-hydrogen) atoms. The van der Waals surface area contributed by atoms with E-state index in [0.29, 0.717) is 5.76 Å². The van der Waals surface area contributed by atoms with Crippen LogP contribution in [-0.4, -0.2) is 23.1 Å². The molecule has 3 rings (SSSR count). The van der Waals surface area contributed by atoms with Crippen LogP contribution in [0.5, 0.6) is 0 Å². The first-order valence-corrected chi connectivity index (χ1v) is 7.99. The number of thiophene rings is 1. The highest BCUT2D eigenvalue weighted by molar-refractivity contribution is 7.99. The van der Waals surface area contributed by atoms with Gasteiger partial charge in [0, 0.05) is 18.4 Å². The van der Waals surface area contributed by atoms with E-state index < -0.39 is 0 Å². The van der Waals surface area contributed by atoms with Crippen LogP contribution in [-0.2, 0) is 4.79 Å². The average Bonchev–Trinajstić information content (AvgIpc) is 3.14. The second kappa shape index (κ2) is 5.67. The molecule has 0 saturated carbocycles. The molecule has 1 atom stereocenters. The molecular formula is C14H13NO2S2. The molecule has 1 aliphatic rings. The van der Waals surface area contributed by atoms with Crippen LogP contribution in [0.1, 0.15) is 16.7 Å². The number of rotatable bonds is 3. The Kier molecular flexibility index (Phi) is 3.75. The minimum atomic E-state index is 0.0394. The summed E-state index contributed by atoms with van der Waals surface area (Å²) in [5.41, 5.74) is 1.22. The van der Waals surface area contributed by atoms with Gasteiger partial charge in [-0.2, -0.15) is 11.3 Å². The fourth-order valence-electron chi connectivity index (χ4n) is 2.02. The highest BCUT2D eigenvalue weighted by atomic mass is 32.2. The number of furan rings is 1. The lowest BCUT2D eigenvalue weighted by atomic mass is 10.3. The quantitative estimate of drug-likeness (QED) is 0.810. The Balaban J connectivity index is 1.72. The lowest BCUT2D eigenvalue weighted by Gasteiger charge is -2.21. The summed E-state index contributed by atoms with van der Waals surface area (Å²) in [5, 5.41) is 4.31. The van der Waals surface area contributed by atoms with Crippen LogP contribution in [0.3, 0.4) is 0 Å². The molecule has 1 amide bonds. The summed E-state index contributed by atoms with van der Waals surface area (Å²) in [6.07, 6.45) is 4.91. The number of amides is 1. The van der Waals surface area contributed by atoms with E-state index in [9.17, 15) is 4.79 Å². The standard InChI is InChI=1S/C14H13NO2S2/c16-13(4-3-12-2-1-7-17-12)15-6-9-19-14(15)11-5-8-18-10-11/h1-5,7-8,10,14H,6,9H2/b4-3+/t14-/m1/s1. The summed E-state index contributed by atoms with van der Waals surface area (Å²) in [7, 11) is 0. The Labute approximate surface area is 119 Å². The van der Waals surface area contributed by atoms with Gasteiger partial charge >= 0.3 is 0 Å². The zero-order chi connectivity index (χ0) is 13.1. The van der Waals surface area contributed by atoms with Crippen molar-refractivity contribution in [3.05, 3.63) is 52.6 Å². The van der Waals surface area contributed by atoms with Gasteiger partial charge in [0.15, 0.2) is 0 Å². The minimum Gasteiger partial charge on any atom is -0.465 e. The van der Waals surface area contributed by atoms with Gasteiger partial charge in [-0.25, -0.2) is 0 Å². The summed E-state index contributed by atoms with van der Waals surface area (Å²) in [6, 6.07) is 5.73. The van der Waals surface area contributed by atoms with Crippen molar-refractivity contribution in [3.8, 4) is 0 Å². The fourth-order valence-corrected chi connectivity index (χ4v) is 4.04. The molecule has 0 unspecified atom stereocenters. The van der Waals surface area contributed by atoms with Gasteiger partial charge in [-0.1, -0.05) is 0 Å². The predicted molar refractivity (Wildman–Crippen MR) is 79.0 cm³/mol. The molecule has 0 radical (unpaired) electrons.